The lowest BCUT2D eigenvalue weighted by Gasteiger charge is -2.09. The largest absolute Gasteiger partial charge is 0.335 e. The summed E-state index contributed by atoms with van der Waals surface area (Å²) in [6.45, 7) is 7.43. The molecule has 5 heterocycles. The van der Waals surface area contributed by atoms with Crippen LogP contribution in [0.4, 0.5) is 0 Å². The summed E-state index contributed by atoms with van der Waals surface area (Å²) in [6, 6.07) is 6.33. The van der Waals surface area contributed by atoms with E-state index in [-0.39, 0.29) is 0 Å². The van der Waals surface area contributed by atoms with E-state index in [4.69, 9.17) is 4.98 Å². The summed E-state index contributed by atoms with van der Waals surface area (Å²) >= 11 is 1.67. The monoisotopic (exact) mass is 495 g/mol. The van der Waals surface area contributed by atoms with Crippen LogP contribution >= 0.6 is 11.3 Å². The van der Waals surface area contributed by atoms with Gasteiger partial charge in [0, 0.05) is 34.2 Å². The Kier molecular flexibility index (Phi) is 6.88. The Balaban J connectivity index is 1.41. The molecule has 5 aromatic rings. The fourth-order valence-corrected chi connectivity index (χ4v) is 4.85. The van der Waals surface area contributed by atoms with Gasteiger partial charge < -0.3 is 9.88 Å². The second-order valence-electron chi connectivity index (χ2n) is 9.12. The van der Waals surface area contributed by atoms with E-state index >= 15 is 0 Å². The number of nitrogens with zero attached hydrogens (tertiary/aromatic N) is 5. The number of rotatable bonds is 8. The average molecular weight is 496 g/mol. The van der Waals surface area contributed by atoms with Crippen LogP contribution in [0.5, 0.6) is 0 Å². The van der Waals surface area contributed by atoms with E-state index in [2.05, 4.69) is 81.2 Å². The van der Waals surface area contributed by atoms with Crippen LogP contribution in [-0.2, 0) is 6.42 Å². The maximum atomic E-state index is 4.85. The third kappa shape index (κ3) is 5.05. The van der Waals surface area contributed by atoms with Gasteiger partial charge in [-0.1, -0.05) is 18.7 Å². The third-order valence-corrected chi connectivity index (χ3v) is 7.03. The van der Waals surface area contributed by atoms with Crippen molar-refractivity contribution < 1.29 is 0 Å². The zero-order chi connectivity index (χ0) is 25.1. The number of pyridine rings is 2. The number of imidazole rings is 1. The summed E-state index contributed by atoms with van der Waals surface area (Å²) in [5.74, 6) is 0.673. The van der Waals surface area contributed by atoms with Crippen LogP contribution in [0.3, 0.4) is 0 Å². The van der Waals surface area contributed by atoms with Crippen molar-refractivity contribution in [3.8, 4) is 22.0 Å². The molecule has 0 aliphatic carbocycles. The molecule has 0 aliphatic rings. The number of H-pyrrole nitrogens is 2. The predicted molar refractivity (Wildman–Crippen MR) is 149 cm³/mol. The molecule has 0 radical (unpaired) electrons. The van der Waals surface area contributed by atoms with Crippen molar-refractivity contribution in [2.75, 3.05) is 20.6 Å². The first kappa shape index (κ1) is 23.8. The Hall–Kier alpha value is -3.88. The summed E-state index contributed by atoms with van der Waals surface area (Å²) in [5.41, 5.74) is 6.96. The van der Waals surface area contributed by atoms with Crippen LogP contribution in [0.15, 0.2) is 54.4 Å². The molecule has 0 unspecified atom stereocenters. The molecule has 0 fully saturated rings. The van der Waals surface area contributed by atoms with Gasteiger partial charge in [0.15, 0.2) is 5.82 Å². The van der Waals surface area contributed by atoms with Gasteiger partial charge in [-0.2, -0.15) is 5.10 Å². The Labute approximate surface area is 214 Å². The van der Waals surface area contributed by atoms with Crippen molar-refractivity contribution >= 4 is 40.6 Å². The maximum Gasteiger partial charge on any atom is 0.159 e. The molecule has 0 atom stereocenters. The standard InChI is InChI=1S/C28H29N7S/c1-18(21-13-20(14-29-15-21)7-5-11-35(3)4)9-10-23-19(2)26(34-33-23)28-31-24-17-30-16-22(27(24)32-28)25-8-6-12-36-25/h6,8-10,12-17,33H,2,5,7,11H2,1,3-4H3,(H,31,32)/b18-9+,23-10+. The lowest BCUT2D eigenvalue weighted by atomic mass is 10.0. The van der Waals surface area contributed by atoms with Gasteiger partial charge >= 0.3 is 0 Å². The molecule has 5 rings (SSSR count). The zero-order valence-corrected chi connectivity index (χ0v) is 21.6. The minimum absolute atomic E-state index is 0.673. The molecule has 0 saturated heterocycles. The second kappa shape index (κ2) is 10.4. The average Bonchev–Trinajstić information content (AvgIpc) is 3.62. The third-order valence-electron chi connectivity index (χ3n) is 6.13. The van der Waals surface area contributed by atoms with Crippen molar-refractivity contribution in [3.63, 3.8) is 0 Å². The number of allylic oxidation sites excluding steroid dienone is 2. The van der Waals surface area contributed by atoms with Crippen molar-refractivity contribution in [1.82, 2.24) is 35.0 Å². The molecule has 36 heavy (non-hydrogen) atoms. The van der Waals surface area contributed by atoms with E-state index in [0.29, 0.717) is 11.5 Å². The van der Waals surface area contributed by atoms with Gasteiger partial charge in [-0.05, 0) is 80.7 Å². The molecular formula is C28H29N7S. The van der Waals surface area contributed by atoms with E-state index in [9.17, 15) is 0 Å². The minimum Gasteiger partial charge on any atom is -0.335 e. The van der Waals surface area contributed by atoms with Gasteiger partial charge in [0.2, 0.25) is 0 Å². The quantitative estimate of drug-likeness (QED) is 0.336. The summed E-state index contributed by atoms with van der Waals surface area (Å²) in [6.07, 6.45) is 13.7. The lowest BCUT2D eigenvalue weighted by molar-refractivity contribution is 0.400. The molecular weight excluding hydrogens is 466 g/mol. The molecule has 2 N–H and O–H groups in total. The minimum atomic E-state index is 0.673. The zero-order valence-electron chi connectivity index (χ0n) is 20.7. The molecule has 0 aliphatic heterocycles. The Morgan fingerprint density at radius 1 is 1.17 bits per heavy atom. The number of fused-ring (bicyclic) bond motifs is 1. The van der Waals surface area contributed by atoms with Crippen molar-refractivity contribution in [1.29, 1.82) is 0 Å². The fourth-order valence-electron chi connectivity index (χ4n) is 4.11. The highest BCUT2D eigenvalue weighted by molar-refractivity contribution is 7.13. The number of hydrogen-bond donors (Lipinski definition) is 2. The number of aromatic amines is 2. The van der Waals surface area contributed by atoms with Gasteiger partial charge in [0.25, 0.3) is 0 Å². The van der Waals surface area contributed by atoms with E-state index in [0.717, 1.165) is 62.6 Å². The molecule has 182 valence electrons. The number of thiophene rings is 1. The van der Waals surface area contributed by atoms with Gasteiger partial charge in [0.1, 0.15) is 11.2 Å². The topological polar surface area (TPSA) is 86.4 Å². The number of aromatic nitrogens is 6. The van der Waals surface area contributed by atoms with Crippen LogP contribution in [0.2, 0.25) is 0 Å². The Morgan fingerprint density at radius 2 is 2.03 bits per heavy atom. The van der Waals surface area contributed by atoms with Crippen LogP contribution < -0.4 is 10.6 Å². The highest BCUT2D eigenvalue weighted by Crippen LogP contribution is 2.30. The van der Waals surface area contributed by atoms with E-state index < -0.39 is 0 Å². The lowest BCUT2D eigenvalue weighted by Crippen LogP contribution is -2.21. The highest BCUT2D eigenvalue weighted by Gasteiger charge is 2.14. The maximum absolute atomic E-state index is 4.85. The van der Waals surface area contributed by atoms with Crippen molar-refractivity contribution in [3.05, 3.63) is 76.1 Å². The van der Waals surface area contributed by atoms with Crippen LogP contribution in [0.1, 0.15) is 24.5 Å². The summed E-state index contributed by atoms with van der Waals surface area (Å²) in [7, 11) is 4.20. The molecule has 8 heteroatoms. The molecule has 0 saturated carbocycles. The smallest absolute Gasteiger partial charge is 0.159 e. The van der Waals surface area contributed by atoms with Gasteiger partial charge in [-0.25, -0.2) is 4.98 Å². The van der Waals surface area contributed by atoms with Crippen LogP contribution in [0.25, 0.3) is 51.2 Å². The highest BCUT2D eigenvalue weighted by atomic mass is 32.1. The van der Waals surface area contributed by atoms with Crippen molar-refractivity contribution in [2.24, 2.45) is 0 Å². The van der Waals surface area contributed by atoms with E-state index in [1.54, 1.807) is 17.5 Å². The molecule has 0 bridgehead atoms. The molecule has 0 aromatic carbocycles. The number of nitrogens with one attached hydrogen (secondary N) is 2. The summed E-state index contributed by atoms with van der Waals surface area (Å²) in [4.78, 5) is 20.4. The normalized spacial score (nSPS) is 12.8. The molecule has 0 amide bonds. The predicted octanol–water partition coefficient (Wildman–Crippen LogP) is 4.26. The van der Waals surface area contributed by atoms with E-state index in [1.165, 1.54) is 5.56 Å². The molecule has 0 spiro atoms. The van der Waals surface area contributed by atoms with Gasteiger partial charge in [-0.15, -0.1) is 11.3 Å². The summed E-state index contributed by atoms with van der Waals surface area (Å²) in [5, 5.41) is 11.3. The summed E-state index contributed by atoms with van der Waals surface area (Å²) < 4.78 is 0. The van der Waals surface area contributed by atoms with Crippen LogP contribution in [0, 0.1) is 0 Å². The Bertz CT molecular complexity index is 1620. The molecule has 7 nitrogen and oxygen atoms in total. The van der Waals surface area contributed by atoms with E-state index in [1.807, 2.05) is 30.7 Å². The number of aryl methyl sites for hydroxylation is 1. The fraction of sp³-hybridized carbons (Fsp3) is 0.214. The first-order chi connectivity index (χ1) is 17.5. The van der Waals surface area contributed by atoms with Gasteiger partial charge in [0.05, 0.1) is 17.1 Å². The SMILES string of the molecule is C=c1c(-c2nc3c(-c4cccs4)cncc3[nH]2)n[nH]/c1=C/C=C(\C)c1cncc(CCCN(C)C)c1. The number of hydrogen-bond acceptors (Lipinski definition) is 6. The molecule has 5 aromatic heterocycles. The Morgan fingerprint density at radius 3 is 2.83 bits per heavy atom. The van der Waals surface area contributed by atoms with Gasteiger partial charge in [-0.3, -0.25) is 15.1 Å². The van der Waals surface area contributed by atoms with Crippen LogP contribution in [-0.4, -0.2) is 55.7 Å². The van der Waals surface area contributed by atoms with Crippen molar-refractivity contribution in [2.45, 2.75) is 19.8 Å². The first-order valence-electron chi connectivity index (χ1n) is 11.9. The first-order valence-corrected chi connectivity index (χ1v) is 12.8. The second-order valence-corrected chi connectivity index (χ2v) is 10.1.